The summed E-state index contributed by atoms with van der Waals surface area (Å²) >= 11 is 1.73. The van der Waals surface area contributed by atoms with Crippen LogP contribution in [0.3, 0.4) is 0 Å². The molecule has 1 aromatic carbocycles. The quantitative estimate of drug-likeness (QED) is 0.851. The van der Waals surface area contributed by atoms with Gasteiger partial charge in [-0.05, 0) is 40.9 Å². The number of esters is 1. The van der Waals surface area contributed by atoms with E-state index < -0.39 is 12.1 Å². The summed E-state index contributed by atoms with van der Waals surface area (Å²) in [6, 6.07) is 4.88. The number of nitrogens with one attached hydrogen (secondary N) is 1. The van der Waals surface area contributed by atoms with Gasteiger partial charge in [-0.3, -0.25) is 4.79 Å². The van der Waals surface area contributed by atoms with Crippen LogP contribution in [0.1, 0.15) is 30.4 Å². The molecule has 1 aromatic rings. The Labute approximate surface area is 144 Å². The zero-order valence-electron chi connectivity index (χ0n) is 13.3. The monoisotopic (exact) mass is 347 g/mol. The number of allylic oxidation sites excluding steroid dienone is 1. The Kier molecular flexibility index (Phi) is 5.04. The van der Waals surface area contributed by atoms with E-state index in [4.69, 9.17) is 4.74 Å². The smallest absolute Gasteiger partial charge is 0.339 e. The van der Waals surface area contributed by atoms with Gasteiger partial charge in [-0.25, -0.2) is 9.18 Å². The third-order valence-electron chi connectivity index (χ3n) is 4.05. The first-order chi connectivity index (χ1) is 11.5. The molecule has 24 heavy (non-hydrogen) atoms. The Morgan fingerprint density at radius 3 is 2.96 bits per heavy atom. The SMILES string of the molecule is CC(=O)NCC1C=C(c2ccc(C3C=CSCC3)c(F)c2)C(=O)O1. The predicted octanol–water partition coefficient (Wildman–Crippen LogP) is 3.00. The summed E-state index contributed by atoms with van der Waals surface area (Å²) in [4.78, 5) is 22.9. The van der Waals surface area contributed by atoms with E-state index in [0.29, 0.717) is 16.7 Å². The highest BCUT2D eigenvalue weighted by molar-refractivity contribution is 8.02. The molecule has 3 rings (SSSR count). The van der Waals surface area contributed by atoms with Crippen LogP contribution in [0.15, 0.2) is 35.8 Å². The molecule has 0 radical (unpaired) electrons. The van der Waals surface area contributed by atoms with Crippen molar-refractivity contribution in [3.63, 3.8) is 0 Å². The van der Waals surface area contributed by atoms with Crippen LogP contribution in [0.25, 0.3) is 5.57 Å². The largest absolute Gasteiger partial charge is 0.453 e. The van der Waals surface area contributed by atoms with Crippen molar-refractivity contribution in [2.45, 2.75) is 25.4 Å². The summed E-state index contributed by atoms with van der Waals surface area (Å²) in [5.41, 5.74) is 1.49. The number of carbonyl (C=O) groups excluding carboxylic acids is 2. The Morgan fingerprint density at radius 1 is 1.46 bits per heavy atom. The van der Waals surface area contributed by atoms with Gasteiger partial charge < -0.3 is 10.1 Å². The van der Waals surface area contributed by atoms with Crippen LogP contribution in [0.4, 0.5) is 4.39 Å². The van der Waals surface area contributed by atoms with Crippen molar-refractivity contribution in [1.82, 2.24) is 5.32 Å². The molecule has 2 atom stereocenters. The van der Waals surface area contributed by atoms with Crippen molar-refractivity contribution in [2.75, 3.05) is 12.3 Å². The van der Waals surface area contributed by atoms with Crippen molar-refractivity contribution >= 4 is 29.2 Å². The van der Waals surface area contributed by atoms with Crippen LogP contribution >= 0.6 is 11.8 Å². The van der Waals surface area contributed by atoms with E-state index in [-0.39, 0.29) is 24.2 Å². The normalized spacial score (nSPS) is 22.9. The number of hydrogen-bond acceptors (Lipinski definition) is 4. The number of cyclic esters (lactones) is 1. The zero-order chi connectivity index (χ0) is 17.1. The molecule has 2 aliphatic rings. The first-order valence-corrected chi connectivity index (χ1v) is 8.85. The van der Waals surface area contributed by atoms with E-state index >= 15 is 0 Å². The highest BCUT2D eigenvalue weighted by Gasteiger charge is 2.27. The van der Waals surface area contributed by atoms with E-state index in [1.54, 1.807) is 30.0 Å². The molecule has 126 valence electrons. The topological polar surface area (TPSA) is 55.4 Å². The lowest BCUT2D eigenvalue weighted by Gasteiger charge is -2.17. The Bertz CT molecular complexity index is 729. The van der Waals surface area contributed by atoms with Gasteiger partial charge in [-0.15, -0.1) is 11.8 Å². The molecule has 0 saturated carbocycles. The minimum absolute atomic E-state index is 0.0809. The van der Waals surface area contributed by atoms with Crippen LogP contribution in [0.2, 0.25) is 0 Å². The molecule has 0 saturated heterocycles. The second kappa shape index (κ2) is 7.21. The molecule has 1 N–H and O–H groups in total. The van der Waals surface area contributed by atoms with Crippen molar-refractivity contribution in [2.24, 2.45) is 0 Å². The maximum atomic E-state index is 14.5. The van der Waals surface area contributed by atoms with E-state index in [0.717, 1.165) is 12.2 Å². The number of thioether (sulfide) groups is 1. The third-order valence-corrected chi connectivity index (χ3v) is 4.87. The van der Waals surface area contributed by atoms with Crippen LogP contribution in [-0.4, -0.2) is 30.3 Å². The zero-order valence-corrected chi connectivity index (χ0v) is 14.1. The van der Waals surface area contributed by atoms with E-state index in [2.05, 4.69) is 5.32 Å². The van der Waals surface area contributed by atoms with Crippen LogP contribution in [0, 0.1) is 5.82 Å². The van der Waals surface area contributed by atoms with Gasteiger partial charge >= 0.3 is 5.97 Å². The Morgan fingerprint density at radius 2 is 2.29 bits per heavy atom. The van der Waals surface area contributed by atoms with Crippen molar-refractivity contribution in [3.05, 3.63) is 52.7 Å². The fourth-order valence-electron chi connectivity index (χ4n) is 2.81. The summed E-state index contributed by atoms with van der Waals surface area (Å²) in [5, 5.41) is 4.60. The number of halogens is 1. The van der Waals surface area contributed by atoms with Gasteiger partial charge in [-0.2, -0.15) is 0 Å². The van der Waals surface area contributed by atoms with Gasteiger partial charge in [0.2, 0.25) is 5.91 Å². The molecule has 0 fully saturated rings. The number of carbonyl (C=O) groups is 2. The molecule has 2 aliphatic heterocycles. The summed E-state index contributed by atoms with van der Waals surface area (Å²) in [6.07, 6.45) is 4.03. The molecule has 0 bridgehead atoms. The highest BCUT2D eigenvalue weighted by atomic mass is 32.2. The Hall–Kier alpha value is -2.08. The van der Waals surface area contributed by atoms with Gasteiger partial charge in [0.25, 0.3) is 0 Å². The maximum absolute atomic E-state index is 14.5. The van der Waals surface area contributed by atoms with E-state index in [1.165, 1.54) is 13.0 Å². The lowest BCUT2D eigenvalue weighted by molar-refractivity contribution is -0.138. The second-order valence-corrected chi connectivity index (χ2v) is 6.81. The molecule has 0 aromatic heterocycles. The molecule has 1 amide bonds. The first-order valence-electron chi connectivity index (χ1n) is 7.80. The lowest BCUT2D eigenvalue weighted by atomic mass is 9.93. The van der Waals surface area contributed by atoms with Gasteiger partial charge in [0.05, 0.1) is 12.1 Å². The maximum Gasteiger partial charge on any atom is 0.339 e. The summed E-state index contributed by atoms with van der Waals surface area (Å²) in [7, 11) is 0. The first kappa shape index (κ1) is 16.8. The number of ether oxygens (including phenoxy) is 1. The fourth-order valence-corrected chi connectivity index (χ4v) is 3.64. The number of rotatable bonds is 4. The van der Waals surface area contributed by atoms with Crippen LogP contribution in [-0.2, 0) is 14.3 Å². The number of amides is 1. The molecule has 0 spiro atoms. The van der Waals surface area contributed by atoms with E-state index in [1.807, 2.05) is 11.5 Å². The second-order valence-electron chi connectivity index (χ2n) is 5.79. The van der Waals surface area contributed by atoms with Gasteiger partial charge in [0.1, 0.15) is 11.9 Å². The molecule has 6 heteroatoms. The predicted molar refractivity (Wildman–Crippen MR) is 91.9 cm³/mol. The van der Waals surface area contributed by atoms with Gasteiger partial charge in [0, 0.05) is 12.8 Å². The van der Waals surface area contributed by atoms with Crippen LogP contribution < -0.4 is 5.32 Å². The average molecular weight is 347 g/mol. The average Bonchev–Trinajstić information content (AvgIpc) is 2.94. The number of benzene rings is 1. The minimum atomic E-state index is -0.516. The standard InChI is InChI=1S/C18H18FNO3S/c1-11(21)20-10-14-9-16(18(22)23-14)13-2-3-15(17(19)8-13)12-4-6-24-7-5-12/h2-4,6,8-9,12,14H,5,7,10H2,1H3,(H,20,21). The van der Waals surface area contributed by atoms with Crippen molar-refractivity contribution < 1.29 is 18.7 Å². The Balaban J connectivity index is 1.79. The summed E-state index contributed by atoms with van der Waals surface area (Å²) < 4.78 is 19.7. The molecule has 0 aliphatic carbocycles. The molecular weight excluding hydrogens is 329 g/mol. The fraction of sp³-hybridized carbons (Fsp3) is 0.333. The highest BCUT2D eigenvalue weighted by Crippen LogP contribution is 2.32. The molecule has 2 heterocycles. The minimum Gasteiger partial charge on any atom is -0.453 e. The van der Waals surface area contributed by atoms with Crippen LogP contribution in [0.5, 0.6) is 0 Å². The molecule has 4 nitrogen and oxygen atoms in total. The molecule has 2 unspecified atom stereocenters. The van der Waals surface area contributed by atoms with Crippen molar-refractivity contribution in [1.29, 1.82) is 0 Å². The lowest BCUT2D eigenvalue weighted by Crippen LogP contribution is -2.29. The number of hydrogen-bond donors (Lipinski definition) is 1. The van der Waals surface area contributed by atoms with Crippen molar-refractivity contribution in [3.8, 4) is 0 Å². The van der Waals surface area contributed by atoms with Gasteiger partial charge in [-0.1, -0.05) is 18.2 Å². The van der Waals surface area contributed by atoms with Gasteiger partial charge in [0.15, 0.2) is 0 Å². The summed E-state index contributed by atoms with van der Waals surface area (Å²) in [6.45, 7) is 1.61. The summed E-state index contributed by atoms with van der Waals surface area (Å²) in [5.74, 6) is 0.0591. The third kappa shape index (κ3) is 3.70. The van der Waals surface area contributed by atoms with E-state index in [9.17, 15) is 14.0 Å². The molecular formula is C18H18FNO3S.